The van der Waals surface area contributed by atoms with Crippen molar-refractivity contribution in [3.05, 3.63) is 33.1 Å². The lowest BCUT2D eigenvalue weighted by Crippen LogP contribution is -2.69. The number of aliphatic hydroxyl groups is 8. The maximum absolute atomic E-state index is 13.2. The van der Waals surface area contributed by atoms with Crippen molar-refractivity contribution in [3.8, 4) is 0 Å². The van der Waals surface area contributed by atoms with Crippen LogP contribution in [-0.4, -0.2) is 155 Å². The van der Waals surface area contributed by atoms with E-state index in [0.29, 0.717) is 12.3 Å². The average Bonchev–Trinajstić information content (AvgIpc) is 3.45. The quantitative estimate of drug-likeness (QED) is 0.0599. The highest BCUT2D eigenvalue weighted by molar-refractivity contribution is 5.76. The van der Waals surface area contributed by atoms with Crippen LogP contribution in [0.5, 0.6) is 0 Å². The molecular weight excluding hydrogens is 756 g/mol. The van der Waals surface area contributed by atoms with Gasteiger partial charge in [0.1, 0.15) is 60.9 Å². The van der Waals surface area contributed by atoms with Crippen LogP contribution in [-0.2, 0) is 28.5 Å². The van der Waals surface area contributed by atoms with E-state index in [2.05, 4.69) is 24.5 Å². The first-order valence-electron chi connectivity index (χ1n) is 19.9. The third-order valence-corrected chi connectivity index (χ3v) is 10.7. The Morgan fingerprint density at radius 2 is 1.35 bits per heavy atom. The van der Waals surface area contributed by atoms with Crippen molar-refractivity contribution in [2.45, 2.75) is 183 Å². The summed E-state index contributed by atoms with van der Waals surface area (Å²) in [6.07, 6.45) is -11.9. The number of rotatable bonds is 20. The van der Waals surface area contributed by atoms with Crippen molar-refractivity contribution in [2.75, 3.05) is 6.61 Å². The number of nitrogens with one attached hydrogen (secondary N) is 3. The fourth-order valence-corrected chi connectivity index (χ4v) is 7.50. The van der Waals surface area contributed by atoms with Gasteiger partial charge in [-0.05, 0) is 12.3 Å². The summed E-state index contributed by atoms with van der Waals surface area (Å²) in [5, 5.41) is 91.5. The molecule has 3 saturated heterocycles. The molecule has 4 heterocycles. The molecule has 0 unspecified atom stereocenters. The minimum atomic E-state index is -1.82. The summed E-state index contributed by atoms with van der Waals surface area (Å²) in [7, 11) is 0. The standard InChI is InChI=1S/C37H62N4O16/c1-18(2)12-10-8-6-4-5-7-9-11-13-23(45)39-26-30(50)27(47)21(54-36(26)57-35-25(38-19(3)43)29(49)28(48)22(17-42)55-35)16-20(44)33-31(51)32(52)34(56-33)41-15-14-24(46)40-37(41)53/h14-15,18,20-22,25-36,42,44,47-52H,4-13,16-17H2,1-3H3,(H,38,43)(H,39,45)(H,40,46,53)/t20-,21-,22-,25-,26-,27+,28-,29-,30-,31+,32-,33-,34-,35-,36+/m1/s1. The minimum absolute atomic E-state index is 0.0628. The molecule has 0 radical (unpaired) electrons. The SMILES string of the molecule is CC(=O)N[C@H]1[C@@H](O[C@@H]2O[C@H](C[C@@H](O)[C@H]3O[C@@H](n4ccc(=O)[nH]c4=O)[C@H](O)[C@@H]3O)[C@H](O)[C@H](O)[C@H]2NC(=O)CCCCCCCCCCC(C)C)O[C@H](CO)[C@@H](O)[C@@H]1O. The monoisotopic (exact) mass is 818 g/mol. The molecule has 57 heavy (non-hydrogen) atoms. The van der Waals surface area contributed by atoms with Crippen LogP contribution in [0.15, 0.2) is 21.9 Å². The molecule has 1 aromatic rings. The van der Waals surface area contributed by atoms with Crippen molar-refractivity contribution in [1.29, 1.82) is 0 Å². The highest BCUT2D eigenvalue weighted by Crippen LogP contribution is 2.34. The van der Waals surface area contributed by atoms with Gasteiger partial charge in [0.15, 0.2) is 18.8 Å². The highest BCUT2D eigenvalue weighted by Gasteiger charge is 2.53. The number of hydrogen-bond acceptors (Lipinski definition) is 16. The van der Waals surface area contributed by atoms with Gasteiger partial charge in [-0.3, -0.25) is 23.9 Å². The molecule has 3 aliphatic heterocycles. The lowest BCUT2D eigenvalue weighted by atomic mass is 9.91. The van der Waals surface area contributed by atoms with E-state index in [9.17, 15) is 60.0 Å². The third-order valence-electron chi connectivity index (χ3n) is 10.7. The van der Waals surface area contributed by atoms with Crippen molar-refractivity contribution in [2.24, 2.45) is 5.92 Å². The number of hydrogen-bond donors (Lipinski definition) is 11. The van der Waals surface area contributed by atoms with Gasteiger partial charge in [0.2, 0.25) is 11.8 Å². The Kier molecular flexibility index (Phi) is 18.0. The summed E-state index contributed by atoms with van der Waals surface area (Å²) in [6, 6.07) is -1.94. The Balaban J connectivity index is 1.46. The number of H-pyrrole nitrogens is 1. The van der Waals surface area contributed by atoms with Gasteiger partial charge in [0.25, 0.3) is 5.56 Å². The smallest absolute Gasteiger partial charge is 0.330 e. The molecule has 0 aromatic carbocycles. The van der Waals surface area contributed by atoms with E-state index in [1.165, 1.54) is 19.3 Å². The Morgan fingerprint density at radius 3 is 1.93 bits per heavy atom. The minimum Gasteiger partial charge on any atom is -0.394 e. The number of aromatic amines is 1. The number of carbonyl (C=O) groups is 2. The van der Waals surface area contributed by atoms with Crippen LogP contribution in [0.3, 0.4) is 0 Å². The number of aliphatic hydroxyl groups excluding tert-OH is 8. The van der Waals surface area contributed by atoms with E-state index < -0.39 is 128 Å². The highest BCUT2D eigenvalue weighted by atomic mass is 16.8. The van der Waals surface area contributed by atoms with Gasteiger partial charge in [0, 0.05) is 32.0 Å². The fraction of sp³-hybridized carbons (Fsp3) is 0.838. The van der Waals surface area contributed by atoms with Crippen LogP contribution in [0.4, 0.5) is 0 Å². The van der Waals surface area contributed by atoms with Gasteiger partial charge >= 0.3 is 5.69 Å². The van der Waals surface area contributed by atoms with Gasteiger partial charge in [-0.25, -0.2) is 4.79 Å². The van der Waals surface area contributed by atoms with Crippen LogP contribution in [0.2, 0.25) is 0 Å². The molecule has 0 spiro atoms. The second kappa shape index (κ2) is 21.9. The summed E-state index contributed by atoms with van der Waals surface area (Å²) >= 11 is 0. The second-order valence-corrected chi connectivity index (χ2v) is 15.7. The topological polar surface area (TPSA) is 312 Å². The predicted octanol–water partition coefficient (Wildman–Crippen LogP) is -2.64. The summed E-state index contributed by atoms with van der Waals surface area (Å²) in [5.41, 5.74) is -1.68. The zero-order valence-electron chi connectivity index (χ0n) is 32.7. The summed E-state index contributed by atoms with van der Waals surface area (Å²) < 4.78 is 24.2. The molecule has 3 fully saturated rings. The lowest BCUT2D eigenvalue weighted by molar-refractivity contribution is -0.347. The molecule has 3 aliphatic rings. The molecule has 15 atom stereocenters. The largest absolute Gasteiger partial charge is 0.394 e. The van der Waals surface area contributed by atoms with Crippen molar-refractivity contribution in [1.82, 2.24) is 20.2 Å². The number of ether oxygens (including phenoxy) is 4. The fourth-order valence-electron chi connectivity index (χ4n) is 7.50. The molecule has 2 amide bonds. The molecule has 326 valence electrons. The number of carbonyl (C=O) groups excluding carboxylic acids is 2. The van der Waals surface area contributed by atoms with E-state index in [0.717, 1.165) is 55.9 Å². The van der Waals surface area contributed by atoms with Gasteiger partial charge in [-0.1, -0.05) is 65.2 Å². The summed E-state index contributed by atoms with van der Waals surface area (Å²) in [6.45, 7) is 4.79. The second-order valence-electron chi connectivity index (χ2n) is 15.7. The number of aromatic nitrogens is 2. The normalized spacial score (nSPS) is 34.9. The van der Waals surface area contributed by atoms with E-state index in [4.69, 9.17) is 18.9 Å². The molecular formula is C37H62N4O16. The van der Waals surface area contributed by atoms with Gasteiger partial charge in [-0.2, -0.15) is 0 Å². The Morgan fingerprint density at radius 1 is 0.789 bits per heavy atom. The van der Waals surface area contributed by atoms with Crippen LogP contribution in [0.25, 0.3) is 0 Å². The van der Waals surface area contributed by atoms with Crippen molar-refractivity contribution >= 4 is 11.8 Å². The Labute approximate surface area is 330 Å². The zero-order valence-corrected chi connectivity index (χ0v) is 32.7. The molecule has 20 heteroatoms. The number of amides is 2. The van der Waals surface area contributed by atoms with Crippen LogP contribution in [0, 0.1) is 5.92 Å². The Hall–Kier alpha value is -2.86. The maximum atomic E-state index is 13.2. The summed E-state index contributed by atoms with van der Waals surface area (Å²) in [5.74, 6) is -0.466. The van der Waals surface area contributed by atoms with E-state index in [1.807, 2.05) is 4.98 Å². The predicted molar refractivity (Wildman–Crippen MR) is 198 cm³/mol. The van der Waals surface area contributed by atoms with Crippen LogP contribution < -0.4 is 21.9 Å². The average molecular weight is 819 g/mol. The molecule has 0 bridgehead atoms. The van der Waals surface area contributed by atoms with Crippen LogP contribution in [0.1, 0.15) is 97.6 Å². The van der Waals surface area contributed by atoms with E-state index in [-0.39, 0.29) is 6.42 Å². The molecule has 11 N–H and O–H groups in total. The molecule has 4 rings (SSSR count). The number of unbranched alkanes of at least 4 members (excludes halogenated alkanes) is 7. The molecule has 0 aliphatic carbocycles. The van der Waals surface area contributed by atoms with E-state index >= 15 is 0 Å². The Bertz CT molecular complexity index is 1530. The first-order valence-corrected chi connectivity index (χ1v) is 19.9. The molecule has 1 aromatic heterocycles. The number of nitrogens with zero attached hydrogens (tertiary/aromatic N) is 1. The van der Waals surface area contributed by atoms with Crippen molar-refractivity contribution < 1.29 is 69.4 Å². The van der Waals surface area contributed by atoms with Crippen LogP contribution >= 0.6 is 0 Å². The third kappa shape index (κ3) is 12.6. The maximum Gasteiger partial charge on any atom is 0.330 e. The van der Waals surface area contributed by atoms with Gasteiger partial charge in [0.05, 0.1) is 18.8 Å². The van der Waals surface area contributed by atoms with Gasteiger partial charge < -0.3 is 70.4 Å². The van der Waals surface area contributed by atoms with Gasteiger partial charge in [-0.15, -0.1) is 0 Å². The lowest BCUT2D eigenvalue weighted by Gasteiger charge is -2.47. The first-order chi connectivity index (χ1) is 27.0. The first kappa shape index (κ1) is 46.8. The van der Waals surface area contributed by atoms with Crippen molar-refractivity contribution in [3.63, 3.8) is 0 Å². The molecule has 0 saturated carbocycles. The zero-order chi connectivity index (χ0) is 42.0. The summed E-state index contributed by atoms with van der Waals surface area (Å²) in [4.78, 5) is 51.1. The van der Waals surface area contributed by atoms with E-state index in [1.54, 1.807) is 0 Å². The molecule has 20 nitrogen and oxygen atoms in total.